The van der Waals surface area contributed by atoms with Crippen LogP contribution in [0.4, 0.5) is 0 Å². The molecule has 0 radical (unpaired) electrons. The van der Waals surface area contributed by atoms with E-state index < -0.39 is 0 Å². The van der Waals surface area contributed by atoms with Gasteiger partial charge in [-0.05, 0) is 47.4 Å². The van der Waals surface area contributed by atoms with Crippen molar-refractivity contribution >= 4 is 10.9 Å². The van der Waals surface area contributed by atoms with E-state index in [1.54, 1.807) is 11.1 Å². The molecule has 1 aromatic heterocycles. The summed E-state index contributed by atoms with van der Waals surface area (Å²) in [6.45, 7) is 12.1. The zero-order valence-corrected chi connectivity index (χ0v) is 16.2. The number of rotatable bonds is 0. The van der Waals surface area contributed by atoms with Gasteiger partial charge in [-0.3, -0.25) is 0 Å². The van der Waals surface area contributed by atoms with Crippen LogP contribution in [0.25, 0.3) is 22.2 Å². The molecular formula is C24H27N. The highest BCUT2D eigenvalue weighted by Crippen LogP contribution is 2.76. The van der Waals surface area contributed by atoms with Crippen molar-refractivity contribution in [2.24, 2.45) is 17.9 Å². The SMILES string of the molecule is Cc1ccc2c(c1)c1c(n2C)-c2ccccc2C12C(C)(C)CC2(C)C. The van der Waals surface area contributed by atoms with Crippen LogP contribution in [0.3, 0.4) is 0 Å². The smallest absolute Gasteiger partial charge is 0.0533 e. The van der Waals surface area contributed by atoms with Crippen molar-refractivity contribution in [1.82, 2.24) is 4.57 Å². The van der Waals surface area contributed by atoms with E-state index in [0.29, 0.717) is 0 Å². The first-order valence-corrected chi connectivity index (χ1v) is 9.42. The Morgan fingerprint density at radius 2 is 1.60 bits per heavy atom. The predicted octanol–water partition coefficient (Wildman–Crippen LogP) is 6.21. The van der Waals surface area contributed by atoms with E-state index in [9.17, 15) is 0 Å². The normalized spacial score (nSPS) is 21.2. The Kier molecular flexibility index (Phi) is 2.56. The molecule has 1 fully saturated rings. The molecule has 2 aliphatic rings. The number of aryl methyl sites for hydroxylation is 2. The summed E-state index contributed by atoms with van der Waals surface area (Å²) in [6.07, 6.45) is 1.26. The molecule has 1 heteroatoms. The van der Waals surface area contributed by atoms with Gasteiger partial charge in [0.15, 0.2) is 0 Å². The van der Waals surface area contributed by atoms with Gasteiger partial charge in [0, 0.05) is 28.9 Å². The van der Waals surface area contributed by atoms with Crippen molar-refractivity contribution in [3.8, 4) is 11.3 Å². The van der Waals surface area contributed by atoms with Gasteiger partial charge in [-0.1, -0.05) is 63.6 Å². The minimum absolute atomic E-state index is 0.0965. The average molecular weight is 329 g/mol. The predicted molar refractivity (Wildman–Crippen MR) is 106 cm³/mol. The van der Waals surface area contributed by atoms with E-state index in [2.05, 4.69) is 88.7 Å². The number of nitrogens with zero attached hydrogens (tertiary/aromatic N) is 1. The summed E-state index contributed by atoms with van der Waals surface area (Å²) in [5, 5.41) is 1.45. The zero-order valence-electron chi connectivity index (χ0n) is 16.2. The second-order valence-electron chi connectivity index (χ2n) is 9.54. The second kappa shape index (κ2) is 4.20. The maximum absolute atomic E-state index is 2.47. The van der Waals surface area contributed by atoms with E-state index in [1.807, 2.05) is 0 Å². The first-order chi connectivity index (χ1) is 11.7. The standard InChI is InChI=1S/C24H27N/c1-15-11-12-19-17(13-15)20-21(25(19)6)16-9-7-8-10-18(16)24(20)22(2,3)14-23(24,4)5/h7-13H,14H2,1-6H3. The van der Waals surface area contributed by atoms with Crippen LogP contribution in [0.2, 0.25) is 0 Å². The Balaban J connectivity index is 2.04. The fourth-order valence-corrected chi connectivity index (χ4v) is 6.99. The Morgan fingerprint density at radius 1 is 0.920 bits per heavy atom. The number of benzene rings is 2. The Bertz CT molecular complexity index is 1030. The molecule has 25 heavy (non-hydrogen) atoms. The van der Waals surface area contributed by atoms with Crippen LogP contribution in [0.15, 0.2) is 42.5 Å². The van der Waals surface area contributed by atoms with Crippen molar-refractivity contribution in [2.75, 3.05) is 0 Å². The van der Waals surface area contributed by atoms with Gasteiger partial charge < -0.3 is 4.57 Å². The molecule has 0 saturated heterocycles. The highest BCUT2D eigenvalue weighted by atomic mass is 15.0. The summed E-state index contributed by atoms with van der Waals surface area (Å²) < 4.78 is 2.43. The third-order valence-electron chi connectivity index (χ3n) is 7.23. The topological polar surface area (TPSA) is 4.93 Å². The maximum atomic E-state index is 2.47. The average Bonchev–Trinajstić information content (AvgIpc) is 2.99. The minimum Gasteiger partial charge on any atom is -0.343 e. The van der Waals surface area contributed by atoms with Gasteiger partial charge in [-0.25, -0.2) is 0 Å². The molecule has 1 heterocycles. The lowest BCUT2D eigenvalue weighted by atomic mass is 9.35. The Morgan fingerprint density at radius 3 is 2.28 bits per heavy atom. The lowest BCUT2D eigenvalue weighted by Gasteiger charge is -2.67. The van der Waals surface area contributed by atoms with Crippen LogP contribution in [-0.2, 0) is 12.5 Å². The quantitative estimate of drug-likeness (QED) is 0.462. The van der Waals surface area contributed by atoms with Crippen LogP contribution in [-0.4, -0.2) is 4.57 Å². The van der Waals surface area contributed by atoms with Crippen molar-refractivity contribution < 1.29 is 0 Å². The summed E-state index contributed by atoms with van der Waals surface area (Å²) in [7, 11) is 2.24. The third kappa shape index (κ3) is 1.44. The molecular weight excluding hydrogens is 302 g/mol. The molecule has 0 N–H and O–H groups in total. The molecule has 3 aromatic rings. The Labute approximate surface area is 150 Å². The number of aromatic nitrogens is 1. The summed E-state index contributed by atoms with van der Waals surface area (Å²) in [5.74, 6) is 0. The Hall–Kier alpha value is -2.02. The first-order valence-electron chi connectivity index (χ1n) is 9.42. The van der Waals surface area contributed by atoms with E-state index in [-0.39, 0.29) is 16.2 Å². The molecule has 0 amide bonds. The van der Waals surface area contributed by atoms with Crippen LogP contribution in [0.1, 0.15) is 50.8 Å². The van der Waals surface area contributed by atoms with E-state index in [0.717, 1.165) is 0 Å². The largest absolute Gasteiger partial charge is 0.343 e. The summed E-state index contributed by atoms with van der Waals surface area (Å²) in [6, 6.07) is 16.1. The maximum Gasteiger partial charge on any atom is 0.0533 e. The lowest BCUT2D eigenvalue weighted by molar-refractivity contribution is -0.0849. The van der Waals surface area contributed by atoms with Crippen molar-refractivity contribution in [1.29, 1.82) is 0 Å². The van der Waals surface area contributed by atoms with Gasteiger partial charge in [0.25, 0.3) is 0 Å². The summed E-state index contributed by atoms with van der Waals surface area (Å²) >= 11 is 0. The molecule has 1 saturated carbocycles. The summed E-state index contributed by atoms with van der Waals surface area (Å²) in [4.78, 5) is 0. The summed E-state index contributed by atoms with van der Waals surface area (Å²) in [5.41, 5.74) is 9.33. The van der Waals surface area contributed by atoms with E-state index in [4.69, 9.17) is 0 Å². The lowest BCUT2D eigenvalue weighted by Crippen LogP contribution is -2.63. The van der Waals surface area contributed by atoms with Gasteiger partial charge in [0.05, 0.1) is 5.69 Å². The van der Waals surface area contributed by atoms with Gasteiger partial charge >= 0.3 is 0 Å². The molecule has 128 valence electrons. The van der Waals surface area contributed by atoms with Gasteiger partial charge in [0.1, 0.15) is 0 Å². The molecule has 1 spiro atoms. The second-order valence-corrected chi connectivity index (χ2v) is 9.54. The molecule has 0 aliphatic heterocycles. The van der Waals surface area contributed by atoms with Crippen LogP contribution < -0.4 is 0 Å². The van der Waals surface area contributed by atoms with E-state index >= 15 is 0 Å². The highest BCUT2D eigenvalue weighted by molar-refractivity contribution is 5.99. The van der Waals surface area contributed by atoms with Crippen molar-refractivity contribution in [3.05, 3.63) is 59.2 Å². The minimum atomic E-state index is 0.0965. The molecule has 5 rings (SSSR count). The molecule has 2 aliphatic carbocycles. The highest BCUT2D eigenvalue weighted by Gasteiger charge is 2.70. The van der Waals surface area contributed by atoms with Crippen LogP contribution in [0.5, 0.6) is 0 Å². The van der Waals surface area contributed by atoms with Crippen molar-refractivity contribution in [3.63, 3.8) is 0 Å². The fourth-order valence-electron chi connectivity index (χ4n) is 6.99. The van der Waals surface area contributed by atoms with Gasteiger partial charge in [-0.15, -0.1) is 0 Å². The molecule has 1 nitrogen and oxygen atoms in total. The molecule has 2 aromatic carbocycles. The number of hydrogen-bond donors (Lipinski definition) is 0. The third-order valence-corrected chi connectivity index (χ3v) is 7.23. The molecule has 0 unspecified atom stereocenters. The number of hydrogen-bond acceptors (Lipinski definition) is 0. The molecule has 0 bridgehead atoms. The number of fused-ring (bicyclic) bond motifs is 7. The fraction of sp³-hybridized carbons (Fsp3) is 0.417. The van der Waals surface area contributed by atoms with Crippen LogP contribution in [0, 0.1) is 17.8 Å². The molecule has 0 atom stereocenters. The van der Waals surface area contributed by atoms with Gasteiger partial charge in [-0.2, -0.15) is 0 Å². The van der Waals surface area contributed by atoms with Crippen molar-refractivity contribution in [2.45, 2.75) is 46.5 Å². The first kappa shape index (κ1) is 15.3. The van der Waals surface area contributed by atoms with Gasteiger partial charge in [0.2, 0.25) is 0 Å². The van der Waals surface area contributed by atoms with Crippen LogP contribution >= 0.6 is 0 Å². The monoisotopic (exact) mass is 329 g/mol. The zero-order chi connectivity index (χ0) is 17.8. The van der Waals surface area contributed by atoms with E-state index in [1.165, 1.54) is 34.1 Å².